The van der Waals surface area contributed by atoms with Crippen molar-refractivity contribution in [3.8, 4) is 0 Å². The maximum absolute atomic E-state index is 13.8. The van der Waals surface area contributed by atoms with Crippen molar-refractivity contribution in [3.63, 3.8) is 0 Å². The van der Waals surface area contributed by atoms with E-state index in [4.69, 9.17) is 20.9 Å². The molecule has 6 rings (SSSR count). The summed E-state index contributed by atoms with van der Waals surface area (Å²) in [7, 11) is 0. The Kier molecular flexibility index (Phi) is 20.0. The number of ether oxygens (including phenoxy) is 2. The van der Waals surface area contributed by atoms with Crippen molar-refractivity contribution in [2.45, 2.75) is 238 Å². The Morgan fingerprint density at radius 2 is 0.932 bits per heavy atom. The first-order chi connectivity index (χ1) is 34.5. The number of fused-ring (bicyclic) bond motifs is 6. The van der Waals surface area contributed by atoms with Gasteiger partial charge < -0.3 is 57.1 Å². The number of carbonyl (C=O) groups is 9. The standard InChI is InChI=1S/C27H46N4O6.C27H44N4O6/c2*1-26(2,3)37-25(36)30-18-14-12-10-8-6-7-9-11-13-17(21(32)22(28)33)29-23(34)20-19-16(27(19,4)5)15-31(20)24(18)35/h16-21,32H,6-15H2,1-5H3,(H2,28,33)(H,29,34)(H,30,36);16-20H,6-15H2,1-5H3,(H2,28,33)(H,29,34)(H,30,36)/t16-,17-,18-,19-,20-,21?;16-,17-,18-,19-,20-/m00/s1. The number of nitrogens with zero attached hydrogens (tertiary/aromatic N) is 2. The zero-order valence-corrected chi connectivity index (χ0v) is 46.0. The molecule has 20 nitrogen and oxygen atoms in total. The van der Waals surface area contributed by atoms with Gasteiger partial charge in [-0.3, -0.25) is 33.6 Å². The Morgan fingerprint density at radius 3 is 1.30 bits per heavy atom. The van der Waals surface area contributed by atoms with Gasteiger partial charge >= 0.3 is 12.2 Å². The summed E-state index contributed by atoms with van der Waals surface area (Å²) in [5.74, 6) is -4.04. The summed E-state index contributed by atoms with van der Waals surface area (Å²) in [6.07, 6.45) is 11.5. The number of nitrogens with one attached hydrogen (secondary N) is 4. The number of carbonyl (C=O) groups excluding carboxylic acids is 9. The average Bonchev–Trinajstić information content (AvgIpc) is 3.74. The van der Waals surface area contributed by atoms with Crippen molar-refractivity contribution < 1.29 is 57.7 Å². The SMILES string of the molecule is CC(C)(C)OC(=O)N[C@H]1CCCCCCCCC[C@@H](C(=O)C(N)=O)NC(=O)[C@@H]2[C@@H]3[C@H](CN2C1=O)C3(C)C.CC(C)(C)OC(=O)N[C@H]1CCCCCCCCC[C@@H](C(O)C(N)=O)NC(=O)[C@@H]2[C@@H]3[C@H](CN2C1=O)C3(C)C. The Bertz CT molecular complexity index is 2070. The van der Waals surface area contributed by atoms with Crippen molar-refractivity contribution >= 4 is 53.4 Å². The van der Waals surface area contributed by atoms with Gasteiger partial charge in [0.1, 0.15) is 35.4 Å². The van der Waals surface area contributed by atoms with E-state index in [1.54, 1.807) is 51.3 Å². The Morgan fingerprint density at radius 1 is 0.581 bits per heavy atom. The minimum Gasteiger partial charge on any atom is -0.444 e. The molecule has 0 spiro atoms. The van der Waals surface area contributed by atoms with E-state index in [9.17, 15) is 48.3 Å². The van der Waals surface area contributed by atoms with Gasteiger partial charge in [-0.2, -0.15) is 0 Å². The number of rotatable bonds is 6. The lowest BCUT2D eigenvalue weighted by Gasteiger charge is -2.34. The lowest BCUT2D eigenvalue weighted by atomic mass is 9.96. The number of hydrogen-bond acceptors (Lipinski definition) is 12. The van der Waals surface area contributed by atoms with Crippen molar-refractivity contribution in [1.29, 1.82) is 0 Å². The molecule has 4 heterocycles. The molecule has 0 aromatic rings. The number of amides is 8. The van der Waals surface area contributed by atoms with E-state index >= 15 is 0 Å². The fourth-order valence-corrected chi connectivity index (χ4v) is 12.1. The summed E-state index contributed by atoms with van der Waals surface area (Å²) < 4.78 is 10.8. The fourth-order valence-electron chi connectivity index (χ4n) is 12.1. The summed E-state index contributed by atoms with van der Waals surface area (Å²) in [5, 5.41) is 21.6. The molecule has 20 heteroatoms. The van der Waals surface area contributed by atoms with Crippen LogP contribution >= 0.6 is 0 Å². The van der Waals surface area contributed by atoms with Crippen molar-refractivity contribution in [3.05, 3.63) is 0 Å². The number of aliphatic hydroxyl groups is 1. The third kappa shape index (κ3) is 15.5. The molecule has 0 aromatic carbocycles. The summed E-state index contributed by atoms with van der Waals surface area (Å²) >= 11 is 0. The van der Waals surface area contributed by atoms with Gasteiger partial charge in [-0.15, -0.1) is 0 Å². The molecular weight excluding hydrogens is 953 g/mol. The lowest BCUT2D eigenvalue weighted by molar-refractivity contribution is -0.143. The minimum atomic E-state index is -1.50. The van der Waals surface area contributed by atoms with Crippen LogP contribution in [0, 0.1) is 34.5 Å². The number of piperidine rings is 2. The van der Waals surface area contributed by atoms with Crippen molar-refractivity contribution in [2.24, 2.45) is 46.0 Å². The number of Topliss-reactive ketones (excluding diaryl/α,β-unsaturated/α-hetero) is 1. The molecule has 4 saturated heterocycles. The van der Waals surface area contributed by atoms with Crippen LogP contribution in [0.5, 0.6) is 0 Å². The van der Waals surface area contributed by atoms with E-state index in [0.29, 0.717) is 45.2 Å². The fraction of sp³-hybridized carbons (Fsp3) is 0.833. The molecule has 8 amide bonds. The monoisotopic (exact) mass is 1040 g/mol. The highest BCUT2D eigenvalue weighted by Crippen LogP contribution is 2.66. The minimum absolute atomic E-state index is 0.0381. The summed E-state index contributed by atoms with van der Waals surface area (Å²) in [5.41, 5.74) is 8.99. The number of aliphatic hydroxyl groups excluding tert-OH is 1. The first kappa shape index (κ1) is 59.9. The number of hydrogen-bond donors (Lipinski definition) is 7. The van der Waals surface area contributed by atoms with Crippen LogP contribution < -0.4 is 32.7 Å². The number of nitrogens with two attached hydrogens (primary N) is 2. The second-order valence-corrected chi connectivity index (χ2v) is 25.0. The van der Waals surface area contributed by atoms with Gasteiger partial charge in [0.25, 0.3) is 5.91 Å². The molecule has 0 radical (unpaired) electrons. The highest BCUT2D eigenvalue weighted by molar-refractivity contribution is 6.37. The van der Waals surface area contributed by atoms with Crippen LogP contribution in [0.3, 0.4) is 0 Å². The molecule has 6 aliphatic rings. The molecule has 2 saturated carbocycles. The third-order valence-corrected chi connectivity index (χ3v) is 16.4. The average molecular weight is 1040 g/mol. The zero-order valence-electron chi connectivity index (χ0n) is 46.0. The molecule has 2 aliphatic carbocycles. The van der Waals surface area contributed by atoms with Gasteiger partial charge in [-0.25, -0.2) is 9.59 Å². The zero-order chi connectivity index (χ0) is 55.1. The van der Waals surface area contributed by atoms with Crippen LogP contribution in [0.4, 0.5) is 9.59 Å². The van der Waals surface area contributed by atoms with Gasteiger partial charge in [0.2, 0.25) is 35.3 Å². The maximum Gasteiger partial charge on any atom is 0.408 e. The number of ketones is 1. The molecule has 9 N–H and O–H groups in total. The predicted octanol–water partition coefficient (Wildman–Crippen LogP) is 4.64. The maximum atomic E-state index is 13.8. The summed E-state index contributed by atoms with van der Waals surface area (Å²) in [6.45, 7) is 19.7. The Balaban J connectivity index is 0.000000274. The molecule has 11 atom stereocenters. The van der Waals surface area contributed by atoms with Crippen LogP contribution in [0.15, 0.2) is 0 Å². The molecule has 418 valence electrons. The second kappa shape index (κ2) is 24.8. The number of alkyl carbamates (subject to hydrolysis) is 2. The van der Waals surface area contributed by atoms with Gasteiger partial charge in [0, 0.05) is 13.1 Å². The Labute approximate surface area is 438 Å². The van der Waals surface area contributed by atoms with Crippen LogP contribution in [0.2, 0.25) is 0 Å². The Hall–Kier alpha value is -5.01. The van der Waals surface area contributed by atoms with E-state index in [1.807, 2.05) is 0 Å². The highest BCUT2D eigenvalue weighted by atomic mass is 16.6. The normalized spacial score (nSPS) is 31.4. The van der Waals surface area contributed by atoms with Gasteiger partial charge in [-0.05, 0) is 102 Å². The molecule has 0 aromatic heterocycles. The molecule has 4 aliphatic heterocycles. The van der Waals surface area contributed by atoms with Crippen LogP contribution in [0.1, 0.15) is 185 Å². The molecule has 0 bridgehead atoms. The van der Waals surface area contributed by atoms with E-state index in [0.717, 1.165) is 83.5 Å². The van der Waals surface area contributed by atoms with Crippen LogP contribution in [-0.4, -0.2) is 135 Å². The highest BCUT2D eigenvalue weighted by Gasteiger charge is 2.71. The van der Waals surface area contributed by atoms with E-state index in [1.165, 1.54) is 0 Å². The first-order valence-electron chi connectivity index (χ1n) is 27.5. The van der Waals surface area contributed by atoms with Crippen LogP contribution in [0.25, 0.3) is 0 Å². The van der Waals surface area contributed by atoms with E-state index in [2.05, 4.69) is 49.0 Å². The van der Waals surface area contributed by atoms with E-state index < -0.39 is 89.2 Å². The van der Waals surface area contributed by atoms with Gasteiger partial charge in [0.15, 0.2) is 6.10 Å². The van der Waals surface area contributed by atoms with Gasteiger partial charge in [-0.1, -0.05) is 118 Å². The quantitative estimate of drug-likeness (QED) is 0.179. The lowest BCUT2D eigenvalue weighted by Crippen LogP contribution is -2.59. The molecule has 1 unspecified atom stereocenters. The summed E-state index contributed by atoms with van der Waals surface area (Å²) in [4.78, 5) is 119. The first-order valence-corrected chi connectivity index (χ1v) is 27.5. The van der Waals surface area contributed by atoms with E-state index in [-0.39, 0.29) is 52.2 Å². The van der Waals surface area contributed by atoms with Gasteiger partial charge in [0.05, 0.1) is 12.1 Å². The smallest absolute Gasteiger partial charge is 0.408 e. The summed E-state index contributed by atoms with van der Waals surface area (Å²) in [6, 6.07) is -4.97. The number of primary amides is 2. The largest absolute Gasteiger partial charge is 0.444 e. The molecule has 74 heavy (non-hydrogen) atoms. The second-order valence-electron chi connectivity index (χ2n) is 25.0. The van der Waals surface area contributed by atoms with Crippen LogP contribution in [-0.2, 0) is 43.0 Å². The van der Waals surface area contributed by atoms with Crippen molar-refractivity contribution in [1.82, 2.24) is 31.1 Å². The molecular formula is C54H90N8O12. The predicted molar refractivity (Wildman–Crippen MR) is 275 cm³/mol. The molecule has 6 fully saturated rings. The van der Waals surface area contributed by atoms with Crippen molar-refractivity contribution in [2.75, 3.05) is 13.1 Å². The third-order valence-electron chi connectivity index (χ3n) is 16.4. The topological polar surface area (TPSA) is 299 Å².